The standard InChI is InChI=1S/C12H21N3OS/c1-3-11-8-13-12(17)15(11)10(2)9-14-4-6-16-7-5-14/h8,10H,3-7,9H2,1-2H3,(H,13,17). The summed E-state index contributed by atoms with van der Waals surface area (Å²) >= 11 is 5.35. The first-order chi connectivity index (χ1) is 8.22. The van der Waals surface area contributed by atoms with E-state index in [4.69, 9.17) is 17.0 Å². The Bertz CT molecular complexity index is 406. The summed E-state index contributed by atoms with van der Waals surface area (Å²) in [5.41, 5.74) is 1.29. The van der Waals surface area contributed by atoms with E-state index in [-0.39, 0.29) is 0 Å². The van der Waals surface area contributed by atoms with Gasteiger partial charge in [-0.25, -0.2) is 0 Å². The van der Waals surface area contributed by atoms with Gasteiger partial charge in [0.15, 0.2) is 4.77 Å². The zero-order chi connectivity index (χ0) is 12.3. The zero-order valence-electron chi connectivity index (χ0n) is 10.6. The average Bonchev–Trinajstić information content (AvgIpc) is 2.71. The highest BCUT2D eigenvalue weighted by atomic mass is 32.1. The lowest BCUT2D eigenvalue weighted by Crippen LogP contribution is -2.39. The Kier molecular flexibility index (Phi) is 4.36. The average molecular weight is 255 g/mol. The van der Waals surface area contributed by atoms with Crippen LogP contribution < -0.4 is 0 Å². The van der Waals surface area contributed by atoms with Crippen LogP contribution >= 0.6 is 12.2 Å². The smallest absolute Gasteiger partial charge is 0.177 e. The van der Waals surface area contributed by atoms with Gasteiger partial charge >= 0.3 is 0 Å². The van der Waals surface area contributed by atoms with Crippen molar-refractivity contribution in [3.63, 3.8) is 0 Å². The summed E-state index contributed by atoms with van der Waals surface area (Å²) in [6, 6.07) is 0.418. The fourth-order valence-corrected chi connectivity index (χ4v) is 2.77. The molecule has 5 heteroatoms. The minimum absolute atomic E-state index is 0.418. The topological polar surface area (TPSA) is 33.2 Å². The Morgan fingerprint density at radius 1 is 1.47 bits per heavy atom. The van der Waals surface area contributed by atoms with Crippen LogP contribution in [0.5, 0.6) is 0 Å². The second-order valence-electron chi connectivity index (χ2n) is 4.57. The van der Waals surface area contributed by atoms with Crippen LogP contribution in [-0.4, -0.2) is 47.3 Å². The molecule has 2 heterocycles. The van der Waals surface area contributed by atoms with Crippen LogP contribution in [0.1, 0.15) is 25.6 Å². The zero-order valence-corrected chi connectivity index (χ0v) is 11.4. The second kappa shape index (κ2) is 5.80. The molecule has 1 N–H and O–H groups in total. The maximum absolute atomic E-state index is 5.37. The summed E-state index contributed by atoms with van der Waals surface area (Å²) in [4.78, 5) is 5.59. The minimum atomic E-state index is 0.418. The van der Waals surface area contributed by atoms with Crippen LogP contribution in [0.2, 0.25) is 0 Å². The van der Waals surface area contributed by atoms with Gasteiger partial charge in [-0.05, 0) is 25.6 Å². The van der Waals surface area contributed by atoms with Crippen molar-refractivity contribution < 1.29 is 4.74 Å². The van der Waals surface area contributed by atoms with E-state index < -0.39 is 0 Å². The molecule has 1 saturated heterocycles. The molecule has 1 fully saturated rings. The normalized spacial score (nSPS) is 19.4. The van der Waals surface area contributed by atoms with Gasteiger partial charge in [-0.1, -0.05) is 6.92 Å². The Morgan fingerprint density at radius 2 is 2.18 bits per heavy atom. The van der Waals surface area contributed by atoms with Crippen LogP contribution in [-0.2, 0) is 11.2 Å². The second-order valence-corrected chi connectivity index (χ2v) is 4.96. The van der Waals surface area contributed by atoms with Gasteiger partial charge in [0.2, 0.25) is 0 Å². The van der Waals surface area contributed by atoms with Crippen molar-refractivity contribution >= 4 is 12.2 Å². The first-order valence-corrected chi connectivity index (χ1v) is 6.72. The molecule has 2 rings (SSSR count). The van der Waals surface area contributed by atoms with E-state index in [1.54, 1.807) is 0 Å². The maximum atomic E-state index is 5.37. The molecule has 0 saturated carbocycles. The number of hydrogen-bond acceptors (Lipinski definition) is 3. The van der Waals surface area contributed by atoms with Crippen LogP contribution in [0.4, 0.5) is 0 Å². The van der Waals surface area contributed by atoms with E-state index in [2.05, 4.69) is 28.3 Å². The van der Waals surface area contributed by atoms with Gasteiger partial charge in [-0.2, -0.15) is 0 Å². The molecule has 1 aromatic heterocycles. The van der Waals surface area contributed by atoms with Gasteiger partial charge in [-0.15, -0.1) is 0 Å². The van der Waals surface area contributed by atoms with Crippen molar-refractivity contribution in [1.82, 2.24) is 14.5 Å². The molecule has 1 aromatic rings. The summed E-state index contributed by atoms with van der Waals surface area (Å²) in [5.74, 6) is 0. The Labute approximate surface area is 108 Å². The lowest BCUT2D eigenvalue weighted by atomic mass is 10.2. The number of nitrogens with one attached hydrogen (secondary N) is 1. The summed E-state index contributed by atoms with van der Waals surface area (Å²) in [7, 11) is 0. The Balaban J connectivity index is 2.05. The SMILES string of the molecule is CCc1c[nH]c(=S)n1C(C)CN1CCOCC1. The molecule has 1 unspecified atom stereocenters. The van der Waals surface area contributed by atoms with Crippen molar-refractivity contribution in [2.24, 2.45) is 0 Å². The third kappa shape index (κ3) is 2.97. The fourth-order valence-electron chi connectivity index (χ4n) is 2.41. The van der Waals surface area contributed by atoms with E-state index in [9.17, 15) is 0 Å². The number of hydrogen-bond donors (Lipinski definition) is 1. The number of nitrogens with zero attached hydrogens (tertiary/aromatic N) is 2. The lowest BCUT2D eigenvalue weighted by molar-refractivity contribution is 0.0323. The number of rotatable bonds is 4. The number of ether oxygens (including phenoxy) is 1. The fraction of sp³-hybridized carbons (Fsp3) is 0.750. The number of aryl methyl sites for hydroxylation is 1. The third-order valence-electron chi connectivity index (χ3n) is 3.32. The van der Waals surface area contributed by atoms with Crippen LogP contribution in [0.25, 0.3) is 0 Å². The van der Waals surface area contributed by atoms with Gasteiger partial charge in [0.25, 0.3) is 0 Å². The maximum Gasteiger partial charge on any atom is 0.177 e. The third-order valence-corrected chi connectivity index (χ3v) is 3.63. The largest absolute Gasteiger partial charge is 0.379 e. The number of H-pyrrole nitrogens is 1. The van der Waals surface area contributed by atoms with Crippen molar-refractivity contribution in [3.8, 4) is 0 Å². The van der Waals surface area contributed by atoms with Crippen LogP contribution in [0.3, 0.4) is 0 Å². The molecule has 1 aliphatic heterocycles. The van der Waals surface area contributed by atoms with E-state index in [0.717, 1.165) is 44.0 Å². The molecule has 0 spiro atoms. The van der Waals surface area contributed by atoms with Gasteiger partial charge in [-0.3, -0.25) is 4.90 Å². The molecule has 17 heavy (non-hydrogen) atoms. The Morgan fingerprint density at radius 3 is 2.82 bits per heavy atom. The van der Waals surface area contributed by atoms with E-state index in [0.29, 0.717) is 6.04 Å². The van der Waals surface area contributed by atoms with Gasteiger partial charge in [0.05, 0.1) is 13.2 Å². The highest BCUT2D eigenvalue weighted by Crippen LogP contribution is 2.14. The molecule has 1 aliphatic rings. The van der Waals surface area contributed by atoms with Crippen LogP contribution in [0.15, 0.2) is 6.20 Å². The van der Waals surface area contributed by atoms with E-state index in [1.165, 1.54) is 5.69 Å². The summed E-state index contributed by atoms with van der Waals surface area (Å²) in [6.07, 6.45) is 3.04. The predicted molar refractivity (Wildman–Crippen MR) is 71.0 cm³/mol. The molecule has 96 valence electrons. The van der Waals surface area contributed by atoms with E-state index in [1.807, 2.05) is 6.20 Å². The number of aromatic amines is 1. The highest BCUT2D eigenvalue weighted by Gasteiger charge is 2.16. The number of imidazole rings is 1. The molecule has 0 amide bonds. The van der Waals surface area contributed by atoms with Crippen LogP contribution in [0, 0.1) is 4.77 Å². The van der Waals surface area contributed by atoms with E-state index >= 15 is 0 Å². The number of morpholine rings is 1. The molecular formula is C12H21N3OS. The number of aromatic nitrogens is 2. The summed E-state index contributed by atoms with van der Waals surface area (Å²) in [6.45, 7) is 9.21. The molecule has 4 nitrogen and oxygen atoms in total. The molecule has 0 aromatic carbocycles. The molecule has 0 radical (unpaired) electrons. The molecule has 0 bridgehead atoms. The van der Waals surface area contributed by atoms with Crippen molar-refractivity contribution in [2.75, 3.05) is 32.8 Å². The first kappa shape index (κ1) is 12.8. The van der Waals surface area contributed by atoms with Crippen molar-refractivity contribution in [2.45, 2.75) is 26.3 Å². The first-order valence-electron chi connectivity index (χ1n) is 6.31. The van der Waals surface area contributed by atoms with Gasteiger partial charge in [0.1, 0.15) is 0 Å². The van der Waals surface area contributed by atoms with Gasteiger partial charge in [0, 0.05) is 37.6 Å². The minimum Gasteiger partial charge on any atom is -0.379 e. The molecule has 1 atom stereocenters. The Hall–Kier alpha value is -0.650. The summed E-state index contributed by atoms with van der Waals surface area (Å²) in [5, 5.41) is 0. The quantitative estimate of drug-likeness (QED) is 0.835. The van der Waals surface area contributed by atoms with Crippen molar-refractivity contribution in [1.29, 1.82) is 0 Å². The molecular weight excluding hydrogens is 234 g/mol. The highest BCUT2D eigenvalue weighted by molar-refractivity contribution is 7.71. The predicted octanol–water partition coefficient (Wildman–Crippen LogP) is 2.00. The summed E-state index contributed by atoms with van der Waals surface area (Å²) < 4.78 is 8.44. The monoisotopic (exact) mass is 255 g/mol. The van der Waals surface area contributed by atoms with Crippen molar-refractivity contribution in [3.05, 3.63) is 16.7 Å². The lowest BCUT2D eigenvalue weighted by Gasteiger charge is -2.30. The molecule has 0 aliphatic carbocycles. The van der Waals surface area contributed by atoms with Gasteiger partial charge < -0.3 is 14.3 Å².